The highest BCUT2D eigenvalue weighted by molar-refractivity contribution is 9.11. The van der Waals surface area contributed by atoms with Crippen LogP contribution in [0.5, 0.6) is 0 Å². The van der Waals surface area contributed by atoms with Crippen molar-refractivity contribution in [2.75, 3.05) is 5.32 Å². The Morgan fingerprint density at radius 2 is 1.68 bits per heavy atom. The van der Waals surface area contributed by atoms with Crippen LogP contribution >= 0.6 is 43.6 Å². The molecule has 1 amide bonds. The predicted octanol–water partition coefficient (Wildman–Crippen LogP) is 6.41. The first kappa shape index (κ1) is 22.3. The molecular weight excluding hydrogens is 569 g/mol. The molecule has 0 atom stereocenters. The zero-order valence-electron chi connectivity index (χ0n) is 15.7. The van der Waals surface area contributed by atoms with Crippen LogP contribution in [0.25, 0.3) is 6.08 Å². The van der Waals surface area contributed by atoms with Gasteiger partial charge in [-0.25, -0.2) is 12.8 Å². The largest absolute Gasteiger partial charge is 0.320 e. The Bertz CT molecular complexity index is 1300. The fourth-order valence-corrected chi connectivity index (χ4v) is 7.00. The molecule has 0 aromatic heterocycles. The number of carbonyl (C=O) groups is 1. The van der Waals surface area contributed by atoms with Crippen LogP contribution in [0.2, 0.25) is 0 Å². The minimum Gasteiger partial charge on any atom is -0.320 e. The molecule has 0 fully saturated rings. The lowest BCUT2D eigenvalue weighted by molar-refractivity contribution is -0.112. The monoisotopic (exact) mass is 581 g/mol. The summed E-state index contributed by atoms with van der Waals surface area (Å²) in [5, 5.41) is 2.76. The van der Waals surface area contributed by atoms with E-state index in [0.717, 1.165) is 4.90 Å². The summed E-state index contributed by atoms with van der Waals surface area (Å²) in [6, 6.07) is 15.9. The summed E-state index contributed by atoms with van der Waals surface area (Å²) in [5.41, 5.74) is 1.77. The Hall–Kier alpha value is -1.94. The van der Waals surface area contributed by atoms with Gasteiger partial charge in [-0.1, -0.05) is 61.8 Å². The molecular formula is C22H14Br2FNO3S2. The molecule has 0 unspecified atom stereocenters. The number of benzene rings is 3. The number of carbonyl (C=O) groups excluding carboxylic acids is 1. The van der Waals surface area contributed by atoms with E-state index in [9.17, 15) is 17.6 Å². The Morgan fingerprint density at radius 1 is 1.00 bits per heavy atom. The van der Waals surface area contributed by atoms with Crippen LogP contribution in [-0.2, 0) is 20.4 Å². The quantitative estimate of drug-likeness (QED) is 0.361. The first-order chi connectivity index (χ1) is 14.7. The number of sulfone groups is 1. The topological polar surface area (TPSA) is 63.2 Å². The maximum Gasteiger partial charge on any atom is 0.262 e. The highest BCUT2D eigenvalue weighted by Gasteiger charge is 2.25. The maximum absolute atomic E-state index is 13.1. The molecule has 0 bridgehead atoms. The number of fused-ring (bicyclic) bond motifs is 1. The highest BCUT2D eigenvalue weighted by atomic mass is 79.9. The highest BCUT2D eigenvalue weighted by Crippen LogP contribution is 2.40. The van der Waals surface area contributed by atoms with Crippen LogP contribution in [0.4, 0.5) is 10.1 Å². The van der Waals surface area contributed by atoms with Crippen LogP contribution in [0.15, 0.2) is 84.3 Å². The molecule has 0 saturated carbocycles. The number of thioether (sulfide) groups is 1. The normalized spacial score (nSPS) is 14.9. The van der Waals surface area contributed by atoms with Crippen LogP contribution in [0, 0.1) is 5.82 Å². The van der Waals surface area contributed by atoms with Crippen molar-refractivity contribution in [3.63, 3.8) is 0 Å². The van der Waals surface area contributed by atoms with Crippen molar-refractivity contribution in [2.24, 2.45) is 0 Å². The van der Waals surface area contributed by atoms with E-state index in [1.807, 2.05) is 6.07 Å². The van der Waals surface area contributed by atoms with Crippen molar-refractivity contribution in [3.8, 4) is 0 Å². The van der Waals surface area contributed by atoms with Crippen LogP contribution in [-0.4, -0.2) is 14.3 Å². The third-order valence-corrected chi connectivity index (χ3v) is 8.79. The van der Waals surface area contributed by atoms with E-state index in [1.54, 1.807) is 42.5 Å². The van der Waals surface area contributed by atoms with Crippen molar-refractivity contribution in [3.05, 3.63) is 91.5 Å². The second-order valence-electron chi connectivity index (χ2n) is 6.73. The number of hydrogen-bond donors (Lipinski definition) is 1. The predicted molar refractivity (Wildman–Crippen MR) is 128 cm³/mol. The average molecular weight is 583 g/mol. The van der Waals surface area contributed by atoms with Gasteiger partial charge in [-0.3, -0.25) is 4.79 Å². The summed E-state index contributed by atoms with van der Waals surface area (Å²) in [7, 11) is -3.65. The number of nitrogens with one attached hydrogen (secondary N) is 1. The van der Waals surface area contributed by atoms with Gasteiger partial charge in [-0.2, -0.15) is 0 Å². The molecule has 1 N–H and O–H groups in total. The van der Waals surface area contributed by atoms with Gasteiger partial charge in [0.15, 0.2) is 9.84 Å². The fourth-order valence-electron chi connectivity index (χ4n) is 2.99. The molecule has 1 aliphatic rings. The summed E-state index contributed by atoms with van der Waals surface area (Å²) in [4.78, 5) is 13.8. The zero-order valence-corrected chi connectivity index (χ0v) is 20.5. The number of amides is 1. The molecule has 4 rings (SSSR count). The maximum atomic E-state index is 13.1. The molecule has 158 valence electrons. The molecule has 1 aliphatic heterocycles. The summed E-state index contributed by atoms with van der Waals surface area (Å²) < 4.78 is 40.5. The van der Waals surface area contributed by atoms with E-state index in [-0.39, 0.29) is 22.4 Å². The van der Waals surface area contributed by atoms with Crippen molar-refractivity contribution in [1.82, 2.24) is 0 Å². The first-order valence-corrected chi connectivity index (χ1v) is 13.0. The molecule has 0 radical (unpaired) electrons. The van der Waals surface area contributed by atoms with Crippen LogP contribution in [0.1, 0.15) is 11.1 Å². The molecule has 9 heteroatoms. The fraction of sp³-hybridized carbons (Fsp3) is 0.0455. The SMILES string of the molecule is O=C1Nc2cc(S(=O)(=O)Cc3c(Br)cccc3Br)ccc2S/C1=C\c1ccc(F)cc1. The van der Waals surface area contributed by atoms with Gasteiger partial charge in [0.05, 0.1) is 21.2 Å². The number of halogens is 3. The summed E-state index contributed by atoms with van der Waals surface area (Å²) in [5.74, 6) is -0.883. The second kappa shape index (κ2) is 8.90. The Morgan fingerprint density at radius 3 is 2.35 bits per heavy atom. The Kier molecular flexibility index (Phi) is 6.39. The van der Waals surface area contributed by atoms with E-state index < -0.39 is 9.84 Å². The standard InChI is InChI=1S/C22H14Br2FNO3S2/c23-17-2-1-3-18(24)16(17)12-31(28,29)15-8-9-20-19(11-15)26-22(27)21(30-20)10-13-4-6-14(25)7-5-13/h1-11H,12H2,(H,26,27)/b21-10-. The van der Waals surface area contributed by atoms with Gasteiger partial charge < -0.3 is 5.32 Å². The molecule has 3 aromatic carbocycles. The Balaban J connectivity index is 1.62. The third-order valence-electron chi connectivity index (χ3n) is 4.57. The van der Waals surface area contributed by atoms with Crippen molar-refractivity contribution in [1.29, 1.82) is 0 Å². The summed E-state index contributed by atoms with van der Waals surface area (Å²) >= 11 is 8.03. The lowest BCUT2D eigenvalue weighted by Gasteiger charge is -2.19. The molecule has 0 aliphatic carbocycles. The second-order valence-corrected chi connectivity index (χ2v) is 11.5. The van der Waals surface area contributed by atoms with Crippen LogP contribution in [0.3, 0.4) is 0 Å². The lowest BCUT2D eigenvalue weighted by atomic mass is 10.2. The molecule has 4 nitrogen and oxygen atoms in total. The summed E-state index contributed by atoms with van der Waals surface area (Å²) in [6.07, 6.45) is 1.66. The number of hydrogen-bond acceptors (Lipinski definition) is 4. The van der Waals surface area contributed by atoms with Crippen molar-refractivity contribution >= 4 is 71.1 Å². The number of rotatable bonds is 4. The minimum absolute atomic E-state index is 0.126. The van der Waals surface area contributed by atoms with Gasteiger partial charge in [0, 0.05) is 13.8 Å². The minimum atomic E-state index is -3.65. The summed E-state index contributed by atoms with van der Waals surface area (Å²) in [6.45, 7) is 0. The molecule has 1 heterocycles. The van der Waals surface area contributed by atoms with Crippen molar-refractivity contribution in [2.45, 2.75) is 15.5 Å². The van der Waals surface area contributed by atoms with Crippen molar-refractivity contribution < 1.29 is 17.6 Å². The molecule has 3 aromatic rings. The van der Waals surface area contributed by atoms with Gasteiger partial charge in [-0.05, 0) is 59.7 Å². The van der Waals surface area contributed by atoms with E-state index in [2.05, 4.69) is 37.2 Å². The third kappa shape index (κ3) is 4.95. The van der Waals surface area contributed by atoms with Gasteiger partial charge in [-0.15, -0.1) is 0 Å². The van der Waals surface area contributed by atoms with Gasteiger partial charge in [0.2, 0.25) is 0 Å². The lowest BCUT2D eigenvalue weighted by Crippen LogP contribution is -2.18. The Labute approximate surface area is 200 Å². The molecule has 0 spiro atoms. The van der Waals surface area contributed by atoms with E-state index in [0.29, 0.717) is 30.7 Å². The van der Waals surface area contributed by atoms with Crippen LogP contribution < -0.4 is 5.32 Å². The first-order valence-electron chi connectivity index (χ1n) is 8.99. The van der Waals surface area contributed by atoms with E-state index >= 15 is 0 Å². The molecule has 31 heavy (non-hydrogen) atoms. The van der Waals surface area contributed by atoms with Gasteiger partial charge >= 0.3 is 0 Å². The molecule has 0 saturated heterocycles. The van der Waals surface area contributed by atoms with E-state index in [4.69, 9.17) is 0 Å². The smallest absolute Gasteiger partial charge is 0.262 e. The van der Waals surface area contributed by atoms with Gasteiger partial charge in [0.1, 0.15) is 5.82 Å². The zero-order chi connectivity index (χ0) is 22.2. The van der Waals surface area contributed by atoms with E-state index in [1.165, 1.54) is 30.0 Å². The van der Waals surface area contributed by atoms with Gasteiger partial charge in [0.25, 0.3) is 5.91 Å². The number of anilines is 1. The average Bonchev–Trinajstić information content (AvgIpc) is 2.72.